The summed E-state index contributed by atoms with van der Waals surface area (Å²) in [6.45, 7) is 2.79. The van der Waals surface area contributed by atoms with Crippen LogP contribution in [-0.2, 0) is 13.2 Å². The Morgan fingerprint density at radius 1 is 1.43 bits per heavy atom. The van der Waals surface area contributed by atoms with E-state index in [1.807, 2.05) is 24.0 Å². The molecule has 1 aliphatic carbocycles. The van der Waals surface area contributed by atoms with Crippen LogP contribution in [0.5, 0.6) is 0 Å². The lowest BCUT2D eigenvalue weighted by atomic mass is 9.90. The molecule has 0 aliphatic heterocycles. The SMILES string of the molecule is Cc1[nH]ncc1CN[C@H]1CCCC[C@H]1n1cc(CO)nn1. The lowest BCUT2D eigenvalue weighted by Crippen LogP contribution is -2.39. The summed E-state index contributed by atoms with van der Waals surface area (Å²) in [6.07, 6.45) is 8.40. The van der Waals surface area contributed by atoms with Crippen molar-refractivity contribution in [2.45, 2.75) is 57.8 Å². The van der Waals surface area contributed by atoms with Gasteiger partial charge in [0.05, 0.1) is 25.0 Å². The van der Waals surface area contributed by atoms with Crippen molar-refractivity contribution in [1.82, 2.24) is 30.5 Å². The summed E-state index contributed by atoms with van der Waals surface area (Å²) < 4.78 is 1.91. The van der Waals surface area contributed by atoms with Gasteiger partial charge in [0.25, 0.3) is 0 Å². The van der Waals surface area contributed by atoms with Crippen LogP contribution in [0.4, 0.5) is 0 Å². The first-order chi connectivity index (χ1) is 10.3. The van der Waals surface area contributed by atoms with Gasteiger partial charge in [-0.1, -0.05) is 18.1 Å². The molecule has 7 heteroatoms. The first-order valence-electron chi connectivity index (χ1n) is 7.51. The molecule has 1 saturated carbocycles. The molecular weight excluding hydrogens is 268 g/mol. The van der Waals surface area contributed by atoms with Crippen LogP contribution in [0, 0.1) is 6.92 Å². The Morgan fingerprint density at radius 3 is 3.00 bits per heavy atom. The van der Waals surface area contributed by atoms with E-state index < -0.39 is 0 Å². The molecule has 3 rings (SSSR count). The number of hydrogen-bond donors (Lipinski definition) is 3. The molecule has 0 radical (unpaired) electrons. The van der Waals surface area contributed by atoms with Gasteiger partial charge in [-0.05, 0) is 19.8 Å². The highest BCUT2D eigenvalue weighted by atomic mass is 16.3. The van der Waals surface area contributed by atoms with Crippen molar-refractivity contribution in [2.24, 2.45) is 0 Å². The number of H-pyrrole nitrogens is 1. The van der Waals surface area contributed by atoms with E-state index in [0.29, 0.717) is 17.8 Å². The molecule has 114 valence electrons. The van der Waals surface area contributed by atoms with E-state index in [1.165, 1.54) is 18.4 Å². The van der Waals surface area contributed by atoms with Gasteiger partial charge in [0, 0.05) is 23.8 Å². The van der Waals surface area contributed by atoms with Crippen molar-refractivity contribution in [2.75, 3.05) is 0 Å². The molecule has 2 atom stereocenters. The summed E-state index contributed by atoms with van der Waals surface area (Å²) in [7, 11) is 0. The molecule has 1 fully saturated rings. The molecule has 7 nitrogen and oxygen atoms in total. The first-order valence-corrected chi connectivity index (χ1v) is 7.51. The molecule has 0 spiro atoms. The molecule has 2 aromatic heterocycles. The predicted molar refractivity (Wildman–Crippen MR) is 77.4 cm³/mol. The third kappa shape index (κ3) is 3.14. The summed E-state index contributed by atoms with van der Waals surface area (Å²) in [4.78, 5) is 0. The quantitative estimate of drug-likeness (QED) is 0.766. The van der Waals surface area contributed by atoms with E-state index in [9.17, 15) is 0 Å². The predicted octanol–water partition coefficient (Wildman–Crippen LogP) is 1.08. The lowest BCUT2D eigenvalue weighted by Gasteiger charge is -2.32. The van der Waals surface area contributed by atoms with Gasteiger partial charge in [0.15, 0.2) is 0 Å². The zero-order chi connectivity index (χ0) is 14.7. The Kier molecular flexibility index (Phi) is 4.31. The zero-order valence-electron chi connectivity index (χ0n) is 12.3. The molecular formula is C14H22N6O. The minimum absolute atomic E-state index is 0.0565. The Balaban J connectivity index is 1.68. The van der Waals surface area contributed by atoms with Gasteiger partial charge in [-0.15, -0.1) is 5.10 Å². The van der Waals surface area contributed by atoms with Crippen molar-refractivity contribution in [1.29, 1.82) is 0 Å². The lowest BCUT2D eigenvalue weighted by molar-refractivity contribution is 0.242. The van der Waals surface area contributed by atoms with Gasteiger partial charge in [0.2, 0.25) is 0 Å². The number of nitrogens with one attached hydrogen (secondary N) is 2. The second-order valence-electron chi connectivity index (χ2n) is 5.71. The monoisotopic (exact) mass is 290 g/mol. The summed E-state index contributed by atoms with van der Waals surface area (Å²) in [6, 6.07) is 0.681. The maximum absolute atomic E-state index is 9.13. The molecule has 0 aromatic carbocycles. The molecule has 21 heavy (non-hydrogen) atoms. The van der Waals surface area contributed by atoms with Crippen LogP contribution >= 0.6 is 0 Å². The van der Waals surface area contributed by atoms with Crippen LogP contribution in [0.3, 0.4) is 0 Å². The van der Waals surface area contributed by atoms with Gasteiger partial charge >= 0.3 is 0 Å². The second-order valence-corrected chi connectivity index (χ2v) is 5.71. The minimum atomic E-state index is -0.0565. The van der Waals surface area contributed by atoms with Gasteiger partial charge in [-0.25, -0.2) is 4.68 Å². The van der Waals surface area contributed by atoms with E-state index in [2.05, 4.69) is 25.8 Å². The fourth-order valence-corrected chi connectivity index (χ4v) is 3.01. The third-order valence-electron chi connectivity index (χ3n) is 4.28. The Morgan fingerprint density at radius 2 is 2.29 bits per heavy atom. The zero-order valence-corrected chi connectivity index (χ0v) is 12.3. The van der Waals surface area contributed by atoms with E-state index in [0.717, 1.165) is 25.1 Å². The fourth-order valence-electron chi connectivity index (χ4n) is 3.01. The standard InChI is InChI=1S/C14H22N6O/c1-10-11(7-16-17-10)6-15-13-4-2-3-5-14(13)20-8-12(9-21)18-19-20/h7-8,13-15,21H,2-6,9H2,1H3,(H,16,17)/t13-,14+/m0/s1. The van der Waals surface area contributed by atoms with Crippen LogP contribution < -0.4 is 5.32 Å². The largest absolute Gasteiger partial charge is 0.390 e. The van der Waals surface area contributed by atoms with E-state index in [4.69, 9.17) is 5.11 Å². The normalized spacial score (nSPS) is 22.6. The maximum atomic E-state index is 9.13. The molecule has 0 bridgehead atoms. The fraction of sp³-hybridized carbons (Fsp3) is 0.643. The van der Waals surface area contributed by atoms with Crippen LogP contribution in [0.1, 0.15) is 48.7 Å². The van der Waals surface area contributed by atoms with E-state index in [1.54, 1.807) is 0 Å². The van der Waals surface area contributed by atoms with Crippen LogP contribution in [-0.4, -0.2) is 36.3 Å². The molecule has 2 aromatic rings. The Labute approximate surface area is 123 Å². The van der Waals surface area contributed by atoms with Crippen LogP contribution in [0.15, 0.2) is 12.4 Å². The summed E-state index contributed by atoms with van der Waals surface area (Å²) in [5.41, 5.74) is 2.94. The van der Waals surface area contributed by atoms with E-state index in [-0.39, 0.29) is 6.61 Å². The van der Waals surface area contributed by atoms with Crippen molar-refractivity contribution >= 4 is 0 Å². The first kappa shape index (κ1) is 14.2. The Hall–Kier alpha value is -1.73. The molecule has 2 heterocycles. The molecule has 3 N–H and O–H groups in total. The van der Waals surface area contributed by atoms with Crippen LogP contribution in [0.2, 0.25) is 0 Å². The Bertz CT molecular complexity index is 578. The average Bonchev–Trinajstić information content (AvgIpc) is 3.14. The van der Waals surface area contributed by atoms with Crippen LogP contribution in [0.25, 0.3) is 0 Å². The van der Waals surface area contributed by atoms with Crippen molar-refractivity contribution in [3.05, 3.63) is 29.3 Å². The van der Waals surface area contributed by atoms with Gasteiger partial charge in [-0.2, -0.15) is 5.10 Å². The van der Waals surface area contributed by atoms with Crippen molar-refractivity contribution < 1.29 is 5.11 Å². The highest BCUT2D eigenvalue weighted by Gasteiger charge is 2.27. The number of rotatable bonds is 5. The highest BCUT2D eigenvalue weighted by Crippen LogP contribution is 2.28. The number of aliphatic hydroxyl groups is 1. The summed E-state index contributed by atoms with van der Waals surface area (Å²) in [5.74, 6) is 0. The van der Waals surface area contributed by atoms with Gasteiger partial charge in [0.1, 0.15) is 5.69 Å². The molecule has 0 saturated heterocycles. The topological polar surface area (TPSA) is 91.7 Å². The summed E-state index contributed by atoms with van der Waals surface area (Å²) >= 11 is 0. The second kappa shape index (κ2) is 6.36. The highest BCUT2D eigenvalue weighted by molar-refractivity contribution is 5.14. The molecule has 0 unspecified atom stereocenters. The van der Waals surface area contributed by atoms with Crippen molar-refractivity contribution in [3.8, 4) is 0 Å². The smallest absolute Gasteiger partial charge is 0.108 e. The maximum Gasteiger partial charge on any atom is 0.108 e. The molecule has 0 amide bonds. The summed E-state index contributed by atoms with van der Waals surface area (Å²) in [5, 5.41) is 27.9. The van der Waals surface area contributed by atoms with Gasteiger partial charge in [-0.3, -0.25) is 5.10 Å². The number of aromatic amines is 1. The number of aliphatic hydroxyl groups excluding tert-OH is 1. The van der Waals surface area contributed by atoms with Crippen molar-refractivity contribution in [3.63, 3.8) is 0 Å². The number of aryl methyl sites for hydroxylation is 1. The van der Waals surface area contributed by atoms with E-state index >= 15 is 0 Å². The number of hydrogen-bond acceptors (Lipinski definition) is 5. The number of nitrogens with zero attached hydrogens (tertiary/aromatic N) is 4. The minimum Gasteiger partial charge on any atom is -0.390 e. The van der Waals surface area contributed by atoms with Gasteiger partial charge < -0.3 is 10.4 Å². The average molecular weight is 290 g/mol. The third-order valence-corrected chi connectivity index (χ3v) is 4.28. The number of aromatic nitrogens is 5. The molecule has 1 aliphatic rings.